The number of carbonyl (C=O) groups is 2. The van der Waals surface area contributed by atoms with Gasteiger partial charge in [-0.1, -0.05) is 30.3 Å². The van der Waals surface area contributed by atoms with E-state index in [9.17, 15) is 18.0 Å². The van der Waals surface area contributed by atoms with Crippen LogP contribution in [0, 0.1) is 0 Å². The minimum atomic E-state index is -3.50. The van der Waals surface area contributed by atoms with Crippen molar-refractivity contribution in [1.82, 2.24) is 5.32 Å². The molecule has 0 fully saturated rings. The zero-order chi connectivity index (χ0) is 24.4. The molecule has 2 aromatic carbocycles. The van der Waals surface area contributed by atoms with Gasteiger partial charge >= 0.3 is 5.97 Å². The number of aliphatic carboxylic acids is 1. The van der Waals surface area contributed by atoms with Crippen molar-refractivity contribution < 1.29 is 23.1 Å². The Hall–Kier alpha value is -3.74. The molecule has 12 heteroatoms. The third-order valence-corrected chi connectivity index (χ3v) is 5.98. The van der Waals surface area contributed by atoms with Gasteiger partial charge in [0, 0.05) is 11.4 Å². The summed E-state index contributed by atoms with van der Waals surface area (Å²) in [6, 6.07) is 18.7. The second-order valence-electron chi connectivity index (χ2n) is 6.51. The normalized spacial score (nSPS) is 10.5. The van der Waals surface area contributed by atoms with Crippen LogP contribution in [0.2, 0.25) is 0 Å². The van der Waals surface area contributed by atoms with E-state index in [4.69, 9.17) is 21.7 Å². The number of carbonyl (C=O) groups excluding carboxylic acids is 1. The van der Waals surface area contributed by atoms with E-state index in [0.29, 0.717) is 10.6 Å². The molecule has 174 valence electrons. The van der Waals surface area contributed by atoms with E-state index in [-0.39, 0.29) is 29.7 Å². The second-order valence-corrected chi connectivity index (χ2v) is 9.15. The van der Waals surface area contributed by atoms with Crippen LogP contribution in [0.4, 0.5) is 5.69 Å². The number of amides is 1. The average Bonchev–Trinajstić information content (AvgIpc) is 3.24. The second kappa shape index (κ2) is 11.8. The number of benzene rings is 2. The Morgan fingerprint density at radius 3 is 2.27 bits per heavy atom. The number of thiophene rings is 1. The van der Waals surface area contributed by atoms with Crippen molar-refractivity contribution in [3.63, 3.8) is 0 Å². The first kappa shape index (κ1) is 25.5. The highest BCUT2D eigenvalue weighted by atomic mass is 32.2. The number of hydrogen-bond acceptors (Lipinski definition) is 6. The molecule has 8 N–H and O–H groups in total. The summed E-state index contributed by atoms with van der Waals surface area (Å²) in [5, 5.41) is 16.0. The van der Waals surface area contributed by atoms with Crippen molar-refractivity contribution in [3.8, 4) is 10.4 Å². The van der Waals surface area contributed by atoms with E-state index < -0.39 is 16.0 Å². The van der Waals surface area contributed by atoms with Crippen molar-refractivity contribution in [1.29, 1.82) is 0 Å². The fraction of sp³-hybridized carbons (Fsp3) is 0.0952. The van der Waals surface area contributed by atoms with Gasteiger partial charge in [0.05, 0.1) is 21.9 Å². The number of nitrogens with one attached hydrogen (secondary N) is 1. The van der Waals surface area contributed by atoms with E-state index >= 15 is 0 Å². The van der Waals surface area contributed by atoms with Gasteiger partial charge in [-0.15, -0.1) is 11.3 Å². The van der Waals surface area contributed by atoms with Gasteiger partial charge in [0.15, 0.2) is 5.96 Å². The summed E-state index contributed by atoms with van der Waals surface area (Å²) in [6.45, 7) is 0.0986. The Balaban J connectivity index is 0.000000321. The van der Waals surface area contributed by atoms with Crippen LogP contribution in [0.15, 0.2) is 76.6 Å². The Kier molecular flexibility index (Phi) is 9.09. The van der Waals surface area contributed by atoms with Gasteiger partial charge in [-0.25, -0.2) is 18.5 Å². The minimum Gasteiger partial charge on any atom is -0.481 e. The minimum absolute atomic E-state index is 0.0215. The zero-order valence-corrected chi connectivity index (χ0v) is 19.0. The predicted molar refractivity (Wildman–Crippen MR) is 128 cm³/mol. The Bertz CT molecular complexity index is 1240. The maximum atomic E-state index is 11.9. The third-order valence-electron chi connectivity index (χ3n) is 3.91. The summed E-state index contributed by atoms with van der Waals surface area (Å²) >= 11 is 1.31. The van der Waals surface area contributed by atoms with E-state index in [1.807, 2.05) is 24.3 Å². The molecule has 0 atom stereocenters. The number of sulfonamides is 1. The molecule has 0 aliphatic carbocycles. The zero-order valence-electron chi connectivity index (χ0n) is 17.3. The summed E-state index contributed by atoms with van der Waals surface area (Å²) in [5.74, 6) is -1.26. The molecular formula is C21H23N5O5S2. The number of carboxylic acids is 1. The molecule has 0 aliphatic heterocycles. The highest BCUT2D eigenvalue weighted by molar-refractivity contribution is 7.89. The molecule has 0 saturated carbocycles. The van der Waals surface area contributed by atoms with E-state index in [1.165, 1.54) is 23.5 Å². The Labute approximate surface area is 194 Å². The standard InChI is InChI=1S/C15H16N4O3S.C6H7NO2S/c16-15(17)19-10-3-1-2-9(8-10)11-4-5-12(23-11)14(22)18-7-6-13(20)21;7-10(8,9)6-4-2-1-3-5-6/h1-5,8H,6-7H2,(H,18,22)(H,20,21)(H4,16,17,19);1-5H,(H2,7,8,9). The fourth-order valence-electron chi connectivity index (χ4n) is 2.47. The van der Waals surface area contributed by atoms with Gasteiger partial charge in [0.2, 0.25) is 10.0 Å². The summed E-state index contributed by atoms with van der Waals surface area (Å²) in [7, 11) is -3.50. The number of nitrogens with two attached hydrogens (primary N) is 3. The Morgan fingerprint density at radius 1 is 1.00 bits per heavy atom. The number of guanidine groups is 1. The van der Waals surface area contributed by atoms with Crippen molar-refractivity contribution in [2.75, 3.05) is 6.54 Å². The van der Waals surface area contributed by atoms with Crippen LogP contribution in [0.1, 0.15) is 16.1 Å². The van der Waals surface area contributed by atoms with Gasteiger partial charge in [0.25, 0.3) is 5.91 Å². The van der Waals surface area contributed by atoms with Crippen LogP contribution in [-0.4, -0.2) is 37.9 Å². The summed E-state index contributed by atoms with van der Waals surface area (Å²) in [4.78, 5) is 27.9. The van der Waals surface area contributed by atoms with Crippen LogP contribution in [0.3, 0.4) is 0 Å². The molecule has 1 amide bonds. The molecule has 33 heavy (non-hydrogen) atoms. The first-order valence-electron chi connectivity index (χ1n) is 9.44. The molecule has 10 nitrogen and oxygen atoms in total. The SMILES string of the molecule is NC(N)=Nc1cccc(-c2ccc(C(=O)NCCC(=O)O)s2)c1.NS(=O)(=O)c1ccccc1. The lowest BCUT2D eigenvalue weighted by molar-refractivity contribution is -0.136. The van der Waals surface area contributed by atoms with E-state index in [0.717, 1.165) is 10.4 Å². The van der Waals surface area contributed by atoms with E-state index in [2.05, 4.69) is 10.3 Å². The first-order chi connectivity index (χ1) is 15.6. The van der Waals surface area contributed by atoms with Crippen molar-refractivity contribution >= 4 is 44.9 Å². The van der Waals surface area contributed by atoms with Crippen molar-refractivity contribution in [2.24, 2.45) is 21.6 Å². The van der Waals surface area contributed by atoms with Crippen molar-refractivity contribution in [2.45, 2.75) is 11.3 Å². The molecule has 3 aromatic rings. The maximum absolute atomic E-state index is 11.9. The van der Waals surface area contributed by atoms with Crippen molar-refractivity contribution in [3.05, 3.63) is 71.6 Å². The van der Waals surface area contributed by atoms with Gasteiger partial charge in [0.1, 0.15) is 0 Å². The molecule has 3 rings (SSSR count). The van der Waals surface area contributed by atoms with Gasteiger partial charge in [-0.2, -0.15) is 0 Å². The van der Waals surface area contributed by atoms with Crippen LogP contribution in [0.5, 0.6) is 0 Å². The van der Waals surface area contributed by atoms with Gasteiger partial charge < -0.3 is 21.9 Å². The molecule has 0 bridgehead atoms. The summed E-state index contributed by atoms with van der Waals surface area (Å²) in [6.07, 6.45) is -0.107. The van der Waals surface area contributed by atoms with Crippen LogP contribution < -0.4 is 21.9 Å². The summed E-state index contributed by atoms with van der Waals surface area (Å²) < 4.78 is 21.2. The molecule has 0 spiro atoms. The number of hydrogen-bond donors (Lipinski definition) is 5. The molecule has 1 heterocycles. The molecule has 0 saturated heterocycles. The summed E-state index contributed by atoms with van der Waals surface area (Å²) in [5.41, 5.74) is 12.2. The smallest absolute Gasteiger partial charge is 0.305 e. The molecular weight excluding hydrogens is 466 g/mol. The largest absolute Gasteiger partial charge is 0.481 e. The maximum Gasteiger partial charge on any atom is 0.305 e. The fourth-order valence-corrected chi connectivity index (χ4v) is 3.93. The van der Waals surface area contributed by atoms with Crippen LogP contribution >= 0.6 is 11.3 Å². The van der Waals surface area contributed by atoms with Crippen LogP contribution in [0.25, 0.3) is 10.4 Å². The lowest BCUT2D eigenvalue weighted by Gasteiger charge is -2.01. The molecule has 0 radical (unpaired) electrons. The average molecular weight is 490 g/mol. The number of carboxylic acid groups (broad SMARTS) is 1. The molecule has 0 aliphatic rings. The van der Waals surface area contributed by atoms with Crippen LogP contribution in [-0.2, 0) is 14.8 Å². The van der Waals surface area contributed by atoms with Gasteiger partial charge in [-0.05, 0) is 42.0 Å². The predicted octanol–water partition coefficient (Wildman–Crippen LogP) is 1.86. The number of primary sulfonamides is 1. The number of rotatable bonds is 7. The van der Waals surface area contributed by atoms with E-state index in [1.54, 1.807) is 30.3 Å². The highest BCUT2D eigenvalue weighted by Gasteiger charge is 2.11. The lowest BCUT2D eigenvalue weighted by atomic mass is 10.1. The molecule has 0 unspecified atom stereocenters. The third kappa shape index (κ3) is 8.73. The Morgan fingerprint density at radius 2 is 1.70 bits per heavy atom. The number of aliphatic imine (C=N–C) groups is 1. The topological polar surface area (TPSA) is 191 Å². The monoisotopic (exact) mass is 489 g/mol. The lowest BCUT2D eigenvalue weighted by Crippen LogP contribution is -2.25. The quantitative estimate of drug-likeness (QED) is 0.247. The number of nitrogens with zero attached hydrogens (tertiary/aromatic N) is 1. The highest BCUT2D eigenvalue weighted by Crippen LogP contribution is 2.30. The molecule has 1 aromatic heterocycles. The van der Waals surface area contributed by atoms with Gasteiger partial charge in [-0.3, -0.25) is 9.59 Å². The first-order valence-corrected chi connectivity index (χ1v) is 11.8.